The summed E-state index contributed by atoms with van der Waals surface area (Å²) >= 11 is 0. The molecule has 0 amide bonds. The van der Waals surface area contributed by atoms with Gasteiger partial charge < -0.3 is 18.5 Å². The van der Waals surface area contributed by atoms with Crippen LogP contribution >= 0.6 is 0 Å². The van der Waals surface area contributed by atoms with E-state index >= 15 is 0 Å². The first kappa shape index (κ1) is 32.1. The summed E-state index contributed by atoms with van der Waals surface area (Å²) in [6.45, 7) is 17.0. The van der Waals surface area contributed by atoms with Crippen molar-refractivity contribution in [3.8, 4) is 5.75 Å². The summed E-state index contributed by atoms with van der Waals surface area (Å²) in [5.74, 6) is 1.75. The topological polar surface area (TPSA) is 30.9 Å². The Balaban J connectivity index is 1.73. The van der Waals surface area contributed by atoms with Crippen LogP contribution in [-0.4, -0.2) is 39.8 Å². The van der Waals surface area contributed by atoms with Crippen LogP contribution < -0.4 is 20.0 Å². The van der Waals surface area contributed by atoms with E-state index in [2.05, 4.69) is 91.9 Å². The van der Waals surface area contributed by atoms with Gasteiger partial charge in [-0.1, -0.05) is 48.6 Å². The van der Waals surface area contributed by atoms with E-state index < -0.39 is 19.5 Å². The van der Waals surface area contributed by atoms with Gasteiger partial charge in [-0.3, -0.25) is 0 Å². The minimum atomic E-state index is -0.814. The Labute approximate surface area is 251 Å². The summed E-state index contributed by atoms with van der Waals surface area (Å²) in [5.41, 5.74) is 3.27. The smallest absolute Gasteiger partial charge is 0.192 e. The first-order chi connectivity index (χ1) is 20.1. The monoisotopic (exact) mass is 583 g/mol. The standard InChI is InChI=1S/C35H45NO3Si2/c1-6-10-28(11-7-2)26-38-40-34-22-16-31(17-23-34)36(30-14-20-33(37-5)21-15-30)32-18-24-35(25-19-32)41-39-27-29(12-8-3)13-9-4/h6-9,14-25,28-29H,1-4,10-13,26-27,40-41H2,5H3. The molecule has 0 aliphatic heterocycles. The predicted molar refractivity (Wildman–Crippen MR) is 182 cm³/mol. The van der Waals surface area contributed by atoms with Gasteiger partial charge in [0, 0.05) is 30.3 Å². The second kappa shape index (κ2) is 18.1. The maximum absolute atomic E-state index is 6.17. The van der Waals surface area contributed by atoms with Crippen molar-refractivity contribution in [1.29, 1.82) is 0 Å². The fraction of sp³-hybridized carbons (Fsp3) is 0.257. The molecule has 0 aliphatic rings. The summed E-state index contributed by atoms with van der Waals surface area (Å²) in [6.07, 6.45) is 11.7. The fourth-order valence-electron chi connectivity index (χ4n) is 4.76. The minimum absolute atomic E-state index is 0.458. The van der Waals surface area contributed by atoms with Crippen LogP contribution in [0.1, 0.15) is 25.7 Å². The third-order valence-electron chi connectivity index (χ3n) is 6.96. The van der Waals surface area contributed by atoms with Crippen molar-refractivity contribution >= 4 is 47.0 Å². The van der Waals surface area contributed by atoms with Gasteiger partial charge in [0.1, 0.15) is 5.75 Å². The Kier molecular flexibility index (Phi) is 14.2. The van der Waals surface area contributed by atoms with Crippen molar-refractivity contribution in [2.45, 2.75) is 25.7 Å². The number of methoxy groups -OCH3 is 1. The first-order valence-electron chi connectivity index (χ1n) is 14.3. The van der Waals surface area contributed by atoms with Gasteiger partial charge in [0.15, 0.2) is 19.5 Å². The molecule has 0 aliphatic carbocycles. The lowest BCUT2D eigenvalue weighted by Crippen LogP contribution is -2.22. The predicted octanol–water partition coefficient (Wildman–Crippen LogP) is 6.15. The molecule has 0 aromatic heterocycles. The highest BCUT2D eigenvalue weighted by Crippen LogP contribution is 2.34. The summed E-state index contributed by atoms with van der Waals surface area (Å²) in [6, 6.07) is 25.7. The molecular formula is C35H45NO3Si2. The molecule has 0 radical (unpaired) electrons. The number of benzene rings is 3. The van der Waals surface area contributed by atoms with Gasteiger partial charge >= 0.3 is 0 Å². The van der Waals surface area contributed by atoms with E-state index in [1.54, 1.807) is 7.11 Å². The number of allylic oxidation sites excluding steroid dienone is 4. The third kappa shape index (κ3) is 10.5. The zero-order valence-corrected chi connectivity index (χ0v) is 27.4. The maximum atomic E-state index is 6.17. The molecule has 0 saturated carbocycles. The van der Waals surface area contributed by atoms with Gasteiger partial charge in [0.25, 0.3) is 0 Å². The Morgan fingerprint density at radius 2 is 0.927 bits per heavy atom. The molecule has 0 saturated heterocycles. The van der Waals surface area contributed by atoms with Crippen LogP contribution in [0.5, 0.6) is 5.75 Å². The van der Waals surface area contributed by atoms with Crippen molar-refractivity contribution in [3.05, 3.63) is 123 Å². The molecule has 0 fully saturated rings. The van der Waals surface area contributed by atoms with Crippen LogP contribution in [-0.2, 0) is 8.85 Å². The molecule has 216 valence electrons. The van der Waals surface area contributed by atoms with Gasteiger partial charge in [-0.25, -0.2) is 0 Å². The van der Waals surface area contributed by atoms with Crippen molar-refractivity contribution in [2.75, 3.05) is 25.2 Å². The molecule has 0 atom stereocenters. The summed E-state index contributed by atoms with van der Waals surface area (Å²) in [4.78, 5) is 2.27. The van der Waals surface area contributed by atoms with Crippen LogP contribution in [0, 0.1) is 11.8 Å². The highest BCUT2D eigenvalue weighted by atomic mass is 28.2. The van der Waals surface area contributed by atoms with E-state index in [-0.39, 0.29) is 0 Å². The lowest BCUT2D eigenvalue weighted by atomic mass is 10.0. The van der Waals surface area contributed by atoms with Crippen molar-refractivity contribution < 1.29 is 13.6 Å². The van der Waals surface area contributed by atoms with Crippen molar-refractivity contribution in [3.63, 3.8) is 0 Å². The molecule has 6 heteroatoms. The Morgan fingerprint density at radius 1 is 0.585 bits per heavy atom. The highest BCUT2D eigenvalue weighted by Gasteiger charge is 2.14. The van der Waals surface area contributed by atoms with Gasteiger partial charge in [-0.05, 0) is 96.4 Å². The van der Waals surface area contributed by atoms with Crippen molar-refractivity contribution in [2.24, 2.45) is 11.8 Å². The molecule has 0 unspecified atom stereocenters. The van der Waals surface area contributed by atoms with Crippen LogP contribution in [0.2, 0.25) is 0 Å². The molecule has 3 aromatic rings. The van der Waals surface area contributed by atoms with E-state index in [1.807, 2.05) is 36.4 Å². The lowest BCUT2D eigenvalue weighted by Gasteiger charge is -2.26. The van der Waals surface area contributed by atoms with E-state index in [0.29, 0.717) is 11.8 Å². The number of anilines is 3. The molecule has 3 rings (SSSR count). The second-order valence-corrected chi connectivity index (χ2v) is 13.3. The maximum Gasteiger partial charge on any atom is 0.192 e. The lowest BCUT2D eigenvalue weighted by molar-refractivity contribution is 0.266. The Hall–Kier alpha value is -3.43. The van der Waals surface area contributed by atoms with Gasteiger partial charge in [0.2, 0.25) is 0 Å². The van der Waals surface area contributed by atoms with E-state index in [1.165, 1.54) is 10.4 Å². The van der Waals surface area contributed by atoms with Crippen LogP contribution in [0.15, 0.2) is 123 Å². The number of ether oxygens (including phenoxy) is 1. The Bertz CT molecular complexity index is 1120. The fourth-order valence-corrected chi connectivity index (χ4v) is 6.99. The molecule has 0 heterocycles. The SMILES string of the molecule is C=CCC(CC=C)CO[SiH2]c1ccc(N(c2ccc(OC)cc2)c2ccc([SiH2]OCC(CC=C)CC=C)cc2)cc1. The third-order valence-corrected chi connectivity index (χ3v) is 9.45. The van der Waals surface area contributed by atoms with E-state index in [9.17, 15) is 0 Å². The average Bonchev–Trinajstić information content (AvgIpc) is 3.00. The van der Waals surface area contributed by atoms with E-state index in [0.717, 1.165) is 61.7 Å². The summed E-state index contributed by atoms with van der Waals surface area (Å²) < 4.78 is 17.7. The molecule has 0 bridgehead atoms. The first-order valence-corrected chi connectivity index (χ1v) is 16.9. The molecule has 3 aromatic carbocycles. The summed E-state index contributed by atoms with van der Waals surface area (Å²) in [7, 11) is 0.0633. The number of nitrogens with zero attached hydrogens (tertiary/aromatic N) is 1. The van der Waals surface area contributed by atoms with E-state index in [4.69, 9.17) is 13.6 Å². The van der Waals surface area contributed by atoms with Crippen LogP contribution in [0.25, 0.3) is 0 Å². The second-order valence-electron chi connectivity index (χ2n) is 10.2. The van der Waals surface area contributed by atoms with Crippen molar-refractivity contribution in [1.82, 2.24) is 0 Å². The van der Waals surface area contributed by atoms with Gasteiger partial charge in [-0.2, -0.15) is 0 Å². The zero-order chi connectivity index (χ0) is 29.3. The van der Waals surface area contributed by atoms with Crippen LogP contribution in [0.4, 0.5) is 17.1 Å². The highest BCUT2D eigenvalue weighted by molar-refractivity contribution is 6.47. The molecule has 0 N–H and O–H groups in total. The minimum Gasteiger partial charge on any atom is -0.497 e. The number of rotatable bonds is 20. The number of hydrogen-bond acceptors (Lipinski definition) is 4. The molecule has 0 spiro atoms. The normalized spacial score (nSPS) is 11.5. The van der Waals surface area contributed by atoms with Crippen LogP contribution in [0.3, 0.4) is 0 Å². The zero-order valence-electron chi connectivity index (χ0n) is 24.5. The number of hydrogen-bond donors (Lipinski definition) is 0. The quantitative estimate of drug-likeness (QED) is 0.118. The molecule has 4 nitrogen and oxygen atoms in total. The largest absolute Gasteiger partial charge is 0.497 e. The van der Waals surface area contributed by atoms with Gasteiger partial charge in [-0.15, -0.1) is 26.3 Å². The molecule has 41 heavy (non-hydrogen) atoms. The molecular weight excluding hydrogens is 539 g/mol. The van der Waals surface area contributed by atoms with Gasteiger partial charge in [0.05, 0.1) is 7.11 Å². The Morgan fingerprint density at radius 3 is 1.24 bits per heavy atom. The summed E-state index contributed by atoms with van der Waals surface area (Å²) in [5, 5.41) is 2.56. The average molecular weight is 584 g/mol.